The molecule has 1 fully saturated rings. The Bertz CT molecular complexity index is 312. The fourth-order valence-electron chi connectivity index (χ4n) is 2.64. The van der Waals surface area contributed by atoms with Gasteiger partial charge in [0.05, 0.1) is 6.10 Å². The highest BCUT2D eigenvalue weighted by molar-refractivity contribution is 5.14. The van der Waals surface area contributed by atoms with E-state index >= 15 is 0 Å². The zero-order chi connectivity index (χ0) is 11.9. The Labute approximate surface area is 104 Å². The van der Waals surface area contributed by atoms with Crippen molar-refractivity contribution in [3.8, 4) is 0 Å². The van der Waals surface area contributed by atoms with E-state index in [1.807, 2.05) is 6.07 Å². The lowest BCUT2D eigenvalue weighted by Gasteiger charge is -2.27. The zero-order valence-electron chi connectivity index (χ0n) is 10.4. The first-order valence-corrected chi connectivity index (χ1v) is 6.79. The Hall–Kier alpha value is -0.860. The molecule has 0 unspecified atom stereocenters. The number of aliphatic hydroxyl groups excluding tert-OH is 1. The number of hydrogen-bond donors (Lipinski definition) is 2. The standard InChI is InChI=1S/C15H23NO/c17-15-9-5-4-8-14(15)10-11-16-12-13-6-2-1-3-7-13/h1-3,6-7,14-17H,4-5,8-12H2/t14-,15+/m0/s1. The van der Waals surface area contributed by atoms with Crippen molar-refractivity contribution in [1.29, 1.82) is 0 Å². The number of benzene rings is 1. The lowest BCUT2D eigenvalue weighted by Crippen LogP contribution is -2.28. The van der Waals surface area contributed by atoms with Gasteiger partial charge in [-0.15, -0.1) is 0 Å². The molecule has 2 heteroatoms. The molecule has 0 radical (unpaired) electrons. The van der Waals surface area contributed by atoms with Crippen LogP contribution in [0.3, 0.4) is 0 Å². The average Bonchev–Trinajstić information content (AvgIpc) is 2.38. The van der Waals surface area contributed by atoms with Crippen molar-refractivity contribution in [3.63, 3.8) is 0 Å². The van der Waals surface area contributed by atoms with Gasteiger partial charge in [-0.3, -0.25) is 0 Å². The third kappa shape index (κ3) is 4.14. The molecule has 0 heterocycles. The van der Waals surface area contributed by atoms with Crippen molar-refractivity contribution >= 4 is 0 Å². The Morgan fingerprint density at radius 1 is 1.12 bits per heavy atom. The smallest absolute Gasteiger partial charge is 0.0568 e. The van der Waals surface area contributed by atoms with Crippen LogP contribution in [-0.4, -0.2) is 17.8 Å². The third-order valence-corrected chi connectivity index (χ3v) is 3.73. The van der Waals surface area contributed by atoms with Gasteiger partial charge in [-0.1, -0.05) is 43.2 Å². The summed E-state index contributed by atoms with van der Waals surface area (Å²) in [6, 6.07) is 10.5. The largest absolute Gasteiger partial charge is 0.393 e. The second-order valence-electron chi connectivity index (χ2n) is 5.06. The number of aliphatic hydroxyl groups is 1. The highest BCUT2D eigenvalue weighted by atomic mass is 16.3. The molecule has 17 heavy (non-hydrogen) atoms. The molecule has 0 amide bonds. The van der Waals surface area contributed by atoms with Crippen LogP contribution in [-0.2, 0) is 6.54 Å². The summed E-state index contributed by atoms with van der Waals surface area (Å²) in [6.45, 7) is 1.94. The highest BCUT2D eigenvalue weighted by Gasteiger charge is 2.21. The van der Waals surface area contributed by atoms with E-state index in [2.05, 4.69) is 29.6 Å². The fourth-order valence-corrected chi connectivity index (χ4v) is 2.64. The van der Waals surface area contributed by atoms with Crippen molar-refractivity contribution in [2.45, 2.75) is 44.8 Å². The Kier molecular flexibility index (Phi) is 5.02. The molecule has 94 valence electrons. The van der Waals surface area contributed by atoms with Gasteiger partial charge >= 0.3 is 0 Å². The van der Waals surface area contributed by atoms with Crippen molar-refractivity contribution in [2.75, 3.05) is 6.54 Å². The van der Waals surface area contributed by atoms with E-state index in [-0.39, 0.29) is 6.10 Å². The van der Waals surface area contributed by atoms with Crippen LogP contribution in [0.5, 0.6) is 0 Å². The predicted molar refractivity (Wildman–Crippen MR) is 70.7 cm³/mol. The maximum absolute atomic E-state index is 9.86. The SMILES string of the molecule is O[C@@H]1CCCC[C@H]1CCNCc1ccccc1. The van der Waals surface area contributed by atoms with Gasteiger partial charge in [-0.2, -0.15) is 0 Å². The van der Waals surface area contributed by atoms with Crippen LogP contribution < -0.4 is 5.32 Å². The van der Waals surface area contributed by atoms with Crippen molar-refractivity contribution in [1.82, 2.24) is 5.32 Å². The summed E-state index contributed by atoms with van der Waals surface area (Å²) in [5.74, 6) is 0.520. The van der Waals surface area contributed by atoms with Crippen LogP contribution in [0.15, 0.2) is 30.3 Å². The summed E-state index contributed by atoms with van der Waals surface area (Å²) < 4.78 is 0. The molecule has 1 aliphatic carbocycles. The van der Waals surface area contributed by atoms with Gasteiger partial charge in [0.1, 0.15) is 0 Å². The van der Waals surface area contributed by atoms with Crippen molar-refractivity contribution < 1.29 is 5.11 Å². The molecule has 0 spiro atoms. The van der Waals surface area contributed by atoms with E-state index in [0.717, 1.165) is 25.9 Å². The Balaban J connectivity index is 1.63. The minimum atomic E-state index is -0.0534. The topological polar surface area (TPSA) is 32.3 Å². The quantitative estimate of drug-likeness (QED) is 0.766. The van der Waals surface area contributed by atoms with Crippen LogP contribution in [0, 0.1) is 5.92 Å². The molecule has 2 rings (SSSR count). The maximum atomic E-state index is 9.86. The summed E-state index contributed by atoms with van der Waals surface area (Å²) in [6.07, 6.45) is 5.75. The first kappa shape index (κ1) is 12.6. The lowest BCUT2D eigenvalue weighted by atomic mass is 9.84. The second-order valence-corrected chi connectivity index (χ2v) is 5.06. The van der Waals surface area contributed by atoms with Gasteiger partial charge in [-0.25, -0.2) is 0 Å². The van der Waals surface area contributed by atoms with Gasteiger partial charge in [-0.05, 0) is 37.3 Å². The molecule has 1 aromatic rings. The molecule has 0 aliphatic heterocycles. The summed E-state index contributed by atoms with van der Waals surface area (Å²) in [7, 11) is 0. The number of nitrogens with one attached hydrogen (secondary N) is 1. The molecule has 1 aromatic carbocycles. The van der Waals surface area contributed by atoms with E-state index in [9.17, 15) is 5.11 Å². The molecule has 0 bridgehead atoms. The summed E-state index contributed by atoms with van der Waals surface area (Å²) in [5, 5.41) is 13.3. The normalized spacial score (nSPS) is 24.8. The van der Waals surface area contributed by atoms with Gasteiger partial charge < -0.3 is 10.4 Å². The van der Waals surface area contributed by atoms with E-state index in [1.165, 1.54) is 24.8 Å². The average molecular weight is 233 g/mol. The van der Waals surface area contributed by atoms with E-state index in [0.29, 0.717) is 5.92 Å². The van der Waals surface area contributed by atoms with Crippen LogP contribution in [0.2, 0.25) is 0 Å². The zero-order valence-corrected chi connectivity index (χ0v) is 10.4. The molecule has 1 aliphatic rings. The third-order valence-electron chi connectivity index (χ3n) is 3.73. The van der Waals surface area contributed by atoms with E-state index in [1.54, 1.807) is 0 Å². The van der Waals surface area contributed by atoms with Gasteiger partial charge in [0.15, 0.2) is 0 Å². The van der Waals surface area contributed by atoms with Crippen LogP contribution in [0.25, 0.3) is 0 Å². The Morgan fingerprint density at radius 3 is 2.65 bits per heavy atom. The van der Waals surface area contributed by atoms with Gasteiger partial charge in [0.25, 0.3) is 0 Å². The molecule has 0 saturated heterocycles. The number of rotatable bonds is 5. The molecule has 2 atom stereocenters. The van der Waals surface area contributed by atoms with Crippen LogP contribution in [0.4, 0.5) is 0 Å². The van der Waals surface area contributed by atoms with E-state index < -0.39 is 0 Å². The number of hydrogen-bond acceptors (Lipinski definition) is 2. The predicted octanol–water partition coefficient (Wildman–Crippen LogP) is 2.72. The first-order valence-electron chi connectivity index (χ1n) is 6.79. The lowest BCUT2D eigenvalue weighted by molar-refractivity contribution is 0.0654. The monoisotopic (exact) mass is 233 g/mol. The second kappa shape index (κ2) is 6.77. The maximum Gasteiger partial charge on any atom is 0.0568 e. The molecule has 1 saturated carbocycles. The molecular formula is C15H23NO. The summed E-state index contributed by atoms with van der Waals surface area (Å²) >= 11 is 0. The van der Waals surface area contributed by atoms with Crippen LogP contribution >= 0.6 is 0 Å². The van der Waals surface area contributed by atoms with Crippen LogP contribution in [0.1, 0.15) is 37.7 Å². The molecule has 2 nitrogen and oxygen atoms in total. The van der Waals surface area contributed by atoms with E-state index in [4.69, 9.17) is 0 Å². The first-order chi connectivity index (χ1) is 8.36. The van der Waals surface area contributed by atoms with Gasteiger partial charge in [0.2, 0.25) is 0 Å². The minimum Gasteiger partial charge on any atom is -0.393 e. The Morgan fingerprint density at radius 2 is 1.88 bits per heavy atom. The molecule has 2 N–H and O–H groups in total. The fraction of sp³-hybridized carbons (Fsp3) is 0.600. The summed E-state index contributed by atoms with van der Waals surface area (Å²) in [4.78, 5) is 0. The highest BCUT2D eigenvalue weighted by Crippen LogP contribution is 2.26. The molecular weight excluding hydrogens is 210 g/mol. The molecule has 0 aromatic heterocycles. The minimum absolute atomic E-state index is 0.0534. The van der Waals surface area contributed by atoms with Crippen molar-refractivity contribution in [2.24, 2.45) is 5.92 Å². The van der Waals surface area contributed by atoms with Crippen molar-refractivity contribution in [3.05, 3.63) is 35.9 Å². The summed E-state index contributed by atoms with van der Waals surface area (Å²) in [5.41, 5.74) is 1.33. The van der Waals surface area contributed by atoms with Gasteiger partial charge in [0, 0.05) is 6.54 Å².